The lowest BCUT2D eigenvalue weighted by atomic mass is 10.6. The van der Waals surface area contributed by atoms with E-state index in [0.29, 0.717) is 12.4 Å². The number of ether oxygens (including phenoxy) is 1. The summed E-state index contributed by atoms with van der Waals surface area (Å²) < 4.78 is 6.06. The Bertz CT molecular complexity index is 375. The molecule has 88 valence electrons. The van der Waals surface area contributed by atoms with Gasteiger partial charge in [-0.25, -0.2) is 0 Å². The third kappa shape index (κ3) is 3.99. The van der Waals surface area contributed by atoms with Gasteiger partial charge < -0.3 is 15.8 Å². The number of aromatic nitrogens is 2. The lowest BCUT2D eigenvalue weighted by molar-refractivity contribution is -0.149. The molecule has 0 bridgehead atoms. The highest BCUT2D eigenvalue weighted by molar-refractivity contribution is 5.80. The summed E-state index contributed by atoms with van der Waals surface area (Å²) in [4.78, 5) is 22.2. The number of esters is 1. The smallest absolute Gasteiger partial charge is 0.328 e. The standard InChI is InChI=1S/C9H14N4O3/c1-2-11-8(14)6-16-9(15)5-13-4-3-7(10)12-13/h3-4H,2,5-6H2,1H3,(H2,10,12)(H,11,14). The maximum Gasteiger partial charge on any atom is 0.328 e. The topological polar surface area (TPSA) is 99.2 Å². The number of nitrogens with zero attached hydrogens (tertiary/aromatic N) is 2. The molecule has 7 nitrogen and oxygen atoms in total. The highest BCUT2D eigenvalue weighted by atomic mass is 16.5. The molecule has 1 amide bonds. The molecule has 3 N–H and O–H groups in total. The number of likely N-dealkylation sites (N-methyl/N-ethyl adjacent to an activating group) is 1. The minimum atomic E-state index is -0.533. The monoisotopic (exact) mass is 226 g/mol. The summed E-state index contributed by atoms with van der Waals surface area (Å²) in [6.45, 7) is 1.96. The van der Waals surface area contributed by atoms with E-state index < -0.39 is 5.97 Å². The maximum atomic E-state index is 11.2. The first-order valence-electron chi connectivity index (χ1n) is 4.83. The van der Waals surface area contributed by atoms with Crippen molar-refractivity contribution in [2.45, 2.75) is 13.5 Å². The fourth-order valence-electron chi connectivity index (χ4n) is 1.04. The molecule has 0 unspecified atom stereocenters. The van der Waals surface area contributed by atoms with Crippen LogP contribution in [-0.2, 0) is 20.9 Å². The van der Waals surface area contributed by atoms with E-state index in [4.69, 9.17) is 10.5 Å². The van der Waals surface area contributed by atoms with Crippen LogP contribution in [0.5, 0.6) is 0 Å². The summed E-state index contributed by atoms with van der Waals surface area (Å²) in [5.41, 5.74) is 5.37. The van der Waals surface area contributed by atoms with Gasteiger partial charge >= 0.3 is 5.97 Å². The van der Waals surface area contributed by atoms with Crippen molar-refractivity contribution in [3.8, 4) is 0 Å². The first-order valence-corrected chi connectivity index (χ1v) is 4.83. The van der Waals surface area contributed by atoms with Gasteiger partial charge in [-0.1, -0.05) is 0 Å². The summed E-state index contributed by atoms with van der Waals surface area (Å²) in [7, 11) is 0. The van der Waals surface area contributed by atoms with Crippen LogP contribution in [0.15, 0.2) is 12.3 Å². The van der Waals surface area contributed by atoms with Gasteiger partial charge in [-0.05, 0) is 13.0 Å². The van der Waals surface area contributed by atoms with Gasteiger partial charge in [0.1, 0.15) is 12.4 Å². The molecule has 0 fully saturated rings. The molecule has 1 aromatic heterocycles. The second kappa shape index (κ2) is 5.74. The Hall–Kier alpha value is -2.05. The van der Waals surface area contributed by atoms with Crippen molar-refractivity contribution in [3.63, 3.8) is 0 Å². The summed E-state index contributed by atoms with van der Waals surface area (Å²) in [5, 5.41) is 6.32. The Morgan fingerprint density at radius 2 is 2.38 bits per heavy atom. The van der Waals surface area contributed by atoms with Crippen molar-refractivity contribution in [1.29, 1.82) is 0 Å². The normalized spacial score (nSPS) is 9.81. The Kier molecular flexibility index (Phi) is 4.31. The third-order valence-corrected chi connectivity index (χ3v) is 1.69. The Labute approximate surface area is 92.6 Å². The molecule has 0 saturated heterocycles. The van der Waals surface area contributed by atoms with E-state index in [2.05, 4.69) is 10.4 Å². The fourth-order valence-corrected chi connectivity index (χ4v) is 1.04. The highest BCUT2D eigenvalue weighted by Crippen LogP contribution is 1.95. The average Bonchev–Trinajstić information content (AvgIpc) is 2.61. The molecule has 0 saturated carbocycles. The van der Waals surface area contributed by atoms with Crippen molar-refractivity contribution in [2.24, 2.45) is 0 Å². The summed E-state index contributed by atoms with van der Waals surface area (Å²) in [5.74, 6) is -0.526. The van der Waals surface area contributed by atoms with Gasteiger partial charge in [0.15, 0.2) is 6.61 Å². The third-order valence-electron chi connectivity index (χ3n) is 1.69. The Balaban J connectivity index is 2.28. The van der Waals surface area contributed by atoms with E-state index in [1.807, 2.05) is 0 Å². The average molecular weight is 226 g/mol. The Morgan fingerprint density at radius 1 is 1.62 bits per heavy atom. The number of anilines is 1. The number of nitrogens with two attached hydrogens (primary N) is 1. The van der Waals surface area contributed by atoms with E-state index in [9.17, 15) is 9.59 Å². The van der Waals surface area contributed by atoms with E-state index in [-0.39, 0.29) is 19.1 Å². The lowest BCUT2D eigenvalue weighted by Crippen LogP contribution is -2.29. The lowest BCUT2D eigenvalue weighted by Gasteiger charge is -2.04. The zero-order valence-electron chi connectivity index (χ0n) is 8.97. The van der Waals surface area contributed by atoms with Crippen LogP contribution in [0.3, 0.4) is 0 Å². The van der Waals surface area contributed by atoms with Gasteiger partial charge in [0, 0.05) is 12.7 Å². The van der Waals surface area contributed by atoms with Gasteiger partial charge in [0.25, 0.3) is 5.91 Å². The second-order valence-electron chi connectivity index (χ2n) is 3.05. The molecule has 1 aromatic rings. The SMILES string of the molecule is CCNC(=O)COC(=O)Cn1ccc(N)n1. The van der Waals surface area contributed by atoms with Crippen LogP contribution in [0.1, 0.15) is 6.92 Å². The molecule has 0 atom stereocenters. The van der Waals surface area contributed by atoms with Crippen LogP contribution in [0.4, 0.5) is 5.82 Å². The van der Waals surface area contributed by atoms with Gasteiger partial charge in [0.2, 0.25) is 0 Å². The van der Waals surface area contributed by atoms with Crippen LogP contribution in [0, 0.1) is 0 Å². The van der Waals surface area contributed by atoms with Crippen LogP contribution in [0.25, 0.3) is 0 Å². The largest absolute Gasteiger partial charge is 0.454 e. The van der Waals surface area contributed by atoms with Crippen molar-refractivity contribution in [1.82, 2.24) is 15.1 Å². The molecule has 0 aliphatic rings. The molecule has 16 heavy (non-hydrogen) atoms. The van der Waals surface area contributed by atoms with Gasteiger partial charge in [0.05, 0.1) is 0 Å². The second-order valence-corrected chi connectivity index (χ2v) is 3.05. The minimum Gasteiger partial charge on any atom is -0.454 e. The number of rotatable bonds is 5. The number of hydrogen-bond donors (Lipinski definition) is 2. The zero-order chi connectivity index (χ0) is 12.0. The predicted molar refractivity (Wildman–Crippen MR) is 56.3 cm³/mol. The Morgan fingerprint density at radius 3 is 2.94 bits per heavy atom. The molecule has 7 heteroatoms. The molecule has 0 spiro atoms. The van der Waals surface area contributed by atoms with Gasteiger partial charge in [-0.3, -0.25) is 14.3 Å². The summed E-state index contributed by atoms with van der Waals surface area (Å²) in [6, 6.07) is 1.57. The van der Waals surface area contributed by atoms with Crippen LogP contribution >= 0.6 is 0 Å². The van der Waals surface area contributed by atoms with Crippen molar-refractivity contribution >= 4 is 17.7 Å². The van der Waals surface area contributed by atoms with Crippen molar-refractivity contribution in [3.05, 3.63) is 12.3 Å². The van der Waals surface area contributed by atoms with Crippen molar-refractivity contribution < 1.29 is 14.3 Å². The molecule has 0 aliphatic heterocycles. The van der Waals surface area contributed by atoms with E-state index in [0.717, 1.165) is 0 Å². The fraction of sp³-hybridized carbons (Fsp3) is 0.444. The number of hydrogen-bond acceptors (Lipinski definition) is 5. The van der Waals surface area contributed by atoms with Gasteiger partial charge in [-0.2, -0.15) is 5.10 Å². The van der Waals surface area contributed by atoms with E-state index in [1.165, 1.54) is 4.68 Å². The molecular weight excluding hydrogens is 212 g/mol. The van der Waals surface area contributed by atoms with E-state index in [1.54, 1.807) is 19.2 Å². The van der Waals surface area contributed by atoms with Crippen LogP contribution in [-0.4, -0.2) is 34.8 Å². The number of nitrogens with one attached hydrogen (secondary N) is 1. The zero-order valence-corrected chi connectivity index (χ0v) is 8.97. The summed E-state index contributed by atoms with van der Waals surface area (Å²) in [6.07, 6.45) is 1.56. The molecule has 0 aliphatic carbocycles. The van der Waals surface area contributed by atoms with Crippen molar-refractivity contribution in [2.75, 3.05) is 18.9 Å². The quantitative estimate of drug-likeness (QED) is 0.637. The number of nitrogen functional groups attached to an aromatic ring is 1. The predicted octanol–water partition coefficient (Wildman–Crippen LogP) is -0.855. The molecule has 0 aromatic carbocycles. The number of amides is 1. The number of carbonyl (C=O) groups is 2. The molecule has 1 rings (SSSR count). The molecular formula is C9H14N4O3. The van der Waals surface area contributed by atoms with E-state index >= 15 is 0 Å². The van der Waals surface area contributed by atoms with Crippen LogP contribution in [0.2, 0.25) is 0 Å². The molecule has 0 radical (unpaired) electrons. The van der Waals surface area contributed by atoms with Crippen LogP contribution < -0.4 is 11.1 Å². The number of carbonyl (C=O) groups excluding carboxylic acids is 2. The first-order chi connectivity index (χ1) is 7.61. The summed E-state index contributed by atoms with van der Waals surface area (Å²) >= 11 is 0. The highest BCUT2D eigenvalue weighted by Gasteiger charge is 2.07. The first kappa shape index (κ1) is 12.0. The maximum absolute atomic E-state index is 11.2. The van der Waals surface area contributed by atoms with Gasteiger partial charge in [-0.15, -0.1) is 0 Å². The molecule has 1 heterocycles. The minimum absolute atomic E-state index is 0.0589.